The van der Waals surface area contributed by atoms with Crippen LogP contribution in [0.3, 0.4) is 0 Å². The first-order chi connectivity index (χ1) is 18.3. The van der Waals surface area contributed by atoms with Crippen LogP contribution in [-0.4, -0.2) is 53.1 Å². The van der Waals surface area contributed by atoms with Crippen molar-refractivity contribution < 1.29 is 28.9 Å². The number of pyridine rings is 1. The van der Waals surface area contributed by atoms with Crippen molar-refractivity contribution in [2.45, 2.75) is 13.0 Å². The number of anilines is 1. The molecule has 1 saturated heterocycles. The molecule has 1 fully saturated rings. The highest BCUT2D eigenvalue weighted by Crippen LogP contribution is 2.44. The maximum atomic E-state index is 13.5. The van der Waals surface area contributed by atoms with Gasteiger partial charge >= 0.3 is 5.91 Å². The Hall–Kier alpha value is -4.57. The van der Waals surface area contributed by atoms with Crippen LogP contribution >= 0.6 is 11.6 Å². The minimum Gasteiger partial charge on any atom is -0.507 e. The van der Waals surface area contributed by atoms with Gasteiger partial charge in [0.25, 0.3) is 5.78 Å². The molecular formula is C27H23ClN4O6. The van der Waals surface area contributed by atoms with Gasteiger partial charge in [-0.15, -0.1) is 0 Å². The SMILES string of the molecule is COc1cc2nc(N3C(=O)C(=O)/C(=C(/O)c4cc(C)cc(Cl)c4OC)C3c3cccnc3)[nH]c2cc1OC. The fourth-order valence-electron chi connectivity index (χ4n) is 4.60. The average Bonchev–Trinajstić information content (AvgIpc) is 3.44. The highest BCUT2D eigenvalue weighted by atomic mass is 35.5. The summed E-state index contributed by atoms with van der Waals surface area (Å²) in [6.45, 7) is 1.79. The van der Waals surface area contributed by atoms with Gasteiger partial charge in [-0.3, -0.25) is 19.5 Å². The van der Waals surface area contributed by atoms with E-state index in [0.29, 0.717) is 28.1 Å². The second-order valence-electron chi connectivity index (χ2n) is 8.57. The van der Waals surface area contributed by atoms with E-state index in [1.54, 1.807) is 49.5 Å². The van der Waals surface area contributed by atoms with E-state index >= 15 is 0 Å². The normalized spacial score (nSPS) is 16.8. The van der Waals surface area contributed by atoms with Crippen molar-refractivity contribution in [3.8, 4) is 17.2 Å². The van der Waals surface area contributed by atoms with Crippen molar-refractivity contribution in [3.05, 3.63) is 76.1 Å². The molecule has 11 heteroatoms. The third-order valence-electron chi connectivity index (χ3n) is 6.29. The number of imidazole rings is 1. The van der Waals surface area contributed by atoms with Crippen LogP contribution in [0, 0.1) is 6.92 Å². The smallest absolute Gasteiger partial charge is 0.302 e. The number of aliphatic hydroxyl groups is 1. The van der Waals surface area contributed by atoms with Gasteiger partial charge < -0.3 is 24.3 Å². The first-order valence-electron chi connectivity index (χ1n) is 11.5. The van der Waals surface area contributed by atoms with E-state index in [1.807, 2.05) is 0 Å². The zero-order chi connectivity index (χ0) is 27.1. The van der Waals surface area contributed by atoms with Gasteiger partial charge in [0, 0.05) is 24.5 Å². The average molecular weight is 535 g/mol. The molecule has 5 rings (SSSR count). The van der Waals surface area contributed by atoms with Gasteiger partial charge in [0.2, 0.25) is 5.95 Å². The highest BCUT2D eigenvalue weighted by molar-refractivity contribution is 6.51. The number of aliphatic hydroxyl groups excluding tert-OH is 1. The van der Waals surface area contributed by atoms with Crippen LogP contribution in [0.4, 0.5) is 5.95 Å². The van der Waals surface area contributed by atoms with Crippen molar-refractivity contribution in [1.82, 2.24) is 15.0 Å². The summed E-state index contributed by atoms with van der Waals surface area (Å²) >= 11 is 6.36. The molecule has 38 heavy (non-hydrogen) atoms. The molecule has 1 aliphatic heterocycles. The van der Waals surface area contributed by atoms with E-state index in [9.17, 15) is 14.7 Å². The zero-order valence-corrected chi connectivity index (χ0v) is 21.7. The third-order valence-corrected chi connectivity index (χ3v) is 6.58. The van der Waals surface area contributed by atoms with Crippen molar-refractivity contribution in [2.75, 3.05) is 26.2 Å². The van der Waals surface area contributed by atoms with Crippen LogP contribution in [0.15, 0.2) is 54.4 Å². The minimum absolute atomic E-state index is 0.0968. The van der Waals surface area contributed by atoms with E-state index in [4.69, 9.17) is 25.8 Å². The number of amides is 1. The number of benzene rings is 2. The molecule has 4 aromatic rings. The number of halogens is 1. The number of aryl methyl sites for hydroxylation is 1. The zero-order valence-electron chi connectivity index (χ0n) is 20.9. The maximum absolute atomic E-state index is 13.5. The van der Waals surface area contributed by atoms with Crippen LogP contribution in [-0.2, 0) is 9.59 Å². The number of rotatable bonds is 6. The van der Waals surface area contributed by atoms with Gasteiger partial charge in [0.15, 0.2) is 11.5 Å². The number of aromatic nitrogens is 3. The largest absolute Gasteiger partial charge is 0.507 e. The number of ketones is 1. The number of carbonyl (C=O) groups excluding carboxylic acids is 2. The molecule has 1 unspecified atom stereocenters. The van der Waals surface area contributed by atoms with Crippen molar-refractivity contribution >= 4 is 46.0 Å². The number of nitrogens with zero attached hydrogens (tertiary/aromatic N) is 3. The predicted octanol–water partition coefficient (Wildman–Crippen LogP) is 4.57. The van der Waals surface area contributed by atoms with Crippen LogP contribution in [0.1, 0.15) is 22.7 Å². The number of fused-ring (bicyclic) bond motifs is 1. The summed E-state index contributed by atoms with van der Waals surface area (Å²) in [5, 5.41) is 11.8. The Morgan fingerprint density at radius 2 is 1.82 bits per heavy atom. The summed E-state index contributed by atoms with van der Waals surface area (Å²) in [7, 11) is 4.42. The summed E-state index contributed by atoms with van der Waals surface area (Å²) in [5.41, 5.74) is 2.28. The number of nitrogens with one attached hydrogen (secondary N) is 1. The monoisotopic (exact) mass is 534 g/mol. The molecule has 1 atom stereocenters. The molecule has 0 spiro atoms. The van der Waals surface area contributed by atoms with Gasteiger partial charge in [-0.2, -0.15) is 0 Å². The quantitative estimate of drug-likeness (QED) is 0.209. The molecule has 194 valence electrons. The first-order valence-corrected chi connectivity index (χ1v) is 11.8. The Morgan fingerprint density at radius 3 is 2.47 bits per heavy atom. The van der Waals surface area contributed by atoms with Crippen LogP contribution in [0.2, 0.25) is 5.02 Å². The van der Waals surface area contributed by atoms with Gasteiger partial charge in [-0.25, -0.2) is 4.98 Å². The molecule has 2 N–H and O–H groups in total. The Bertz CT molecular complexity index is 1570. The molecule has 10 nitrogen and oxygen atoms in total. The summed E-state index contributed by atoms with van der Waals surface area (Å²) in [4.78, 5) is 40.0. The first kappa shape index (κ1) is 25.1. The fourth-order valence-corrected chi connectivity index (χ4v) is 4.95. The number of H-pyrrole nitrogens is 1. The molecule has 1 amide bonds. The summed E-state index contributed by atoms with van der Waals surface area (Å²) < 4.78 is 16.1. The van der Waals surface area contributed by atoms with E-state index in [2.05, 4.69) is 15.0 Å². The third kappa shape index (κ3) is 3.99. The molecule has 0 radical (unpaired) electrons. The van der Waals surface area contributed by atoms with E-state index in [1.165, 1.54) is 32.4 Å². The molecule has 0 aliphatic carbocycles. The van der Waals surface area contributed by atoms with Crippen molar-refractivity contribution in [1.29, 1.82) is 0 Å². The number of aromatic amines is 1. The number of hydrogen-bond donors (Lipinski definition) is 2. The van der Waals surface area contributed by atoms with Crippen molar-refractivity contribution in [3.63, 3.8) is 0 Å². The molecule has 0 saturated carbocycles. The van der Waals surface area contributed by atoms with Gasteiger partial charge in [-0.1, -0.05) is 17.7 Å². The van der Waals surface area contributed by atoms with Crippen LogP contribution < -0.4 is 19.1 Å². The Labute approximate surface area is 222 Å². The van der Waals surface area contributed by atoms with Crippen LogP contribution in [0.25, 0.3) is 16.8 Å². The van der Waals surface area contributed by atoms with Gasteiger partial charge in [-0.05, 0) is 36.2 Å². The van der Waals surface area contributed by atoms with Gasteiger partial charge in [0.1, 0.15) is 11.5 Å². The lowest BCUT2D eigenvalue weighted by Crippen LogP contribution is -2.30. The predicted molar refractivity (Wildman–Crippen MR) is 141 cm³/mol. The van der Waals surface area contributed by atoms with Crippen LogP contribution in [0.5, 0.6) is 17.2 Å². The summed E-state index contributed by atoms with van der Waals surface area (Å²) in [5.74, 6) is -1.02. The number of ether oxygens (including phenoxy) is 3. The molecule has 0 bridgehead atoms. The molecule has 1 aliphatic rings. The van der Waals surface area contributed by atoms with Gasteiger partial charge in [0.05, 0.1) is 54.6 Å². The molecule has 3 heterocycles. The molecular weight excluding hydrogens is 512 g/mol. The minimum atomic E-state index is -1.04. The second-order valence-corrected chi connectivity index (χ2v) is 8.97. The number of Topliss-reactive ketones (excluding diaryl/α,β-unsaturated/α-hetero) is 1. The Kier molecular flexibility index (Phi) is 6.41. The standard InChI is InChI=1S/C27H23ClN4O6/c1-13-8-15(25(38-4)16(28)9-13)23(33)21-22(14-6-5-7-29-12-14)32(26(35)24(21)34)27-30-17-10-19(36-2)20(37-3)11-18(17)31-27/h5-12,22,33H,1-4H3,(H,30,31)/b23-21+. The topological polar surface area (TPSA) is 127 Å². The lowest BCUT2D eigenvalue weighted by atomic mass is 9.95. The number of hydrogen-bond acceptors (Lipinski definition) is 8. The molecule has 2 aromatic heterocycles. The number of carbonyl (C=O) groups is 2. The lowest BCUT2D eigenvalue weighted by Gasteiger charge is -2.23. The number of methoxy groups -OCH3 is 3. The van der Waals surface area contributed by atoms with Crippen molar-refractivity contribution in [2.24, 2.45) is 0 Å². The molecule has 2 aromatic carbocycles. The summed E-state index contributed by atoms with van der Waals surface area (Å²) in [6.07, 6.45) is 3.09. The second kappa shape index (κ2) is 9.71. The van der Waals surface area contributed by atoms with E-state index in [0.717, 1.165) is 5.56 Å². The highest BCUT2D eigenvalue weighted by Gasteiger charge is 2.48. The summed E-state index contributed by atoms with van der Waals surface area (Å²) in [6, 6.07) is 8.98. The lowest BCUT2D eigenvalue weighted by molar-refractivity contribution is -0.132. The van der Waals surface area contributed by atoms with E-state index < -0.39 is 23.5 Å². The fraction of sp³-hybridized carbons (Fsp3) is 0.185. The van der Waals surface area contributed by atoms with E-state index in [-0.39, 0.29) is 27.9 Å². The Balaban J connectivity index is 1.75. The Morgan fingerprint density at radius 1 is 1.08 bits per heavy atom. The maximum Gasteiger partial charge on any atom is 0.302 e.